The zero-order chi connectivity index (χ0) is 21.2. The Labute approximate surface area is 186 Å². The molecule has 0 radical (unpaired) electrons. The summed E-state index contributed by atoms with van der Waals surface area (Å²) in [6, 6.07) is 3.30. The number of aromatic nitrogens is 2. The van der Waals surface area contributed by atoms with Gasteiger partial charge in [0.05, 0.1) is 21.5 Å². The van der Waals surface area contributed by atoms with Gasteiger partial charge in [0.2, 0.25) is 0 Å². The second kappa shape index (κ2) is 7.21. The topological polar surface area (TPSA) is 78.1 Å². The second-order valence-electron chi connectivity index (χ2n) is 7.41. The lowest BCUT2D eigenvalue weighted by molar-refractivity contribution is 0.508. The van der Waals surface area contributed by atoms with Crippen LogP contribution in [0.15, 0.2) is 40.3 Å². The maximum absolute atomic E-state index is 13.1. The number of benzene rings is 2. The Balaban J connectivity index is 2.29. The van der Waals surface area contributed by atoms with Gasteiger partial charge < -0.3 is 0 Å². The predicted octanol–water partition coefficient (Wildman–Crippen LogP) is 3.18. The Bertz CT molecular complexity index is 1520. The van der Waals surface area contributed by atoms with Crippen molar-refractivity contribution >= 4 is 76.8 Å². The first-order chi connectivity index (χ1) is 13.7. The molecule has 0 unspecified atom stereocenters. The third-order valence-corrected chi connectivity index (χ3v) is 6.51. The lowest BCUT2D eigenvalue weighted by atomic mass is 10.0. The van der Waals surface area contributed by atoms with E-state index in [1.54, 1.807) is 12.1 Å². The van der Waals surface area contributed by atoms with Gasteiger partial charge in [-0.25, -0.2) is 0 Å². The van der Waals surface area contributed by atoms with Crippen molar-refractivity contribution in [2.45, 2.75) is 26.9 Å². The van der Waals surface area contributed by atoms with Gasteiger partial charge in [-0.2, -0.15) is 12.6 Å². The van der Waals surface area contributed by atoms with Gasteiger partial charge in [0.25, 0.3) is 22.2 Å². The molecule has 150 valence electrons. The molecule has 0 amide bonds. The molecule has 6 nitrogen and oxygen atoms in total. The van der Waals surface area contributed by atoms with Crippen LogP contribution >= 0.6 is 44.5 Å². The lowest BCUT2D eigenvalue weighted by Crippen LogP contribution is -2.27. The molecule has 0 saturated heterocycles. The minimum absolute atomic E-state index is 0.118. The zero-order valence-electron chi connectivity index (χ0n) is 15.6. The lowest BCUT2D eigenvalue weighted by Gasteiger charge is -2.04. The molecule has 2 aromatic heterocycles. The van der Waals surface area contributed by atoms with Gasteiger partial charge in [-0.05, 0) is 60.7 Å². The number of hydrogen-bond acceptors (Lipinski definition) is 5. The minimum Gasteiger partial charge on any atom is -0.274 e. The highest BCUT2D eigenvalue weighted by Gasteiger charge is 2.24. The van der Waals surface area contributed by atoms with E-state index in [0.29, 0.717) is 37.4 Å². The van der Waals surface area contributed by atoms with Crippen molar-refractivity contribution in [3.05, 3.63) is 62.5 Å². The highest BCUT2D eigenvalue weighted by Crippen LogP contribution is 2.35. The molecule has 0 fully saturated rings. The molecular weight excluding hydrogens is 524 g/mol. The number of halogens is 2. The Kier molecular flexibility index (Phi) is 5.11. The van der Waals surface area contributed by atoms with E-state index in [0.717, 1.165) is 4.57 Å². The normalized spacial score (nSPS) is 12.2. The number of thiol groups is 1. The third-order valence-electron chi connectivity index (χ3n) is 5.06. The van der Waals surface area contributed by atoms with Crippen molar-refractivity contribution in [1.82, 2.24) is 9.13 Å². The number of nitrogens with zero attached hydrogens (tertiary/aromatic N) is 2. The Morgan fingerprint density at radius 3 is 1.66 bits per heavy atom. The first-order valence-corrected chi connectivity index (χ1v) is 11.2. The van der Waals surface area contributed by atoms with Crippen LogP contribution in [-0.2, 0) is 13.1 Å². The molecule has 2 aromatic carbocycles. The van der Waals surface area contributed by atoms with Gasteiger partial charge in [0, 0.05) is 27.8 Å². The van der Waals surface area contributed by atoms with Gasteiger partial charge in [-0.3, -0.25) is 28.3 Å². The van der Waals surface area contributed by atoms with Crippen molar-refractivity contribution in [3.8, 4) is 0 Å². The average molecular weight is 540 g/mol. The molecule has 0 aliphatic heterocycles. The third kappa shape index (κ3) is 2.89. The summed E-state index contributed by atoms with van der Waals surface area (Å²) in [5, 5.41) is 2.02. The van der Waals surface area contributed by atoms with Crippen LogP contribution in [-0.4, -0.2) is 14.9 Å². The summed E-state index contributed by atoms with van der Waals surface area (Å²) in [6.45, 7) is 4.36. The van der Waals surface area contributed by atoms with Gasteiger partial charge >= 0.3 is 0 Å². The first-order valence-electron chi connectivity index (χ1n) is 9.01. The molecule has 4 rings (SSSR count). The summed E-state index contributed by atoms with van der Waals surface area (Å²) in [6.07, 6.45) is 0. The summed E-state index contributed by atoms with van der Waals surface area (Å²) in [5.74, 6) is 0.462. The molecule has 0 spiro atoms. The quantitative estimate of drug-likeness (QED) is 0.404. The van der Waals surface area contributed by atoms with E-state index in [9.17, 15) is 19.2 Å². The van der Waals surface area contributed by atoms with Crippen LogP contribution in [0.1, 0.15) is 13.8 Å². The molecule has 0 saturated carbocycles. The van der Waals surface area contributed by atoms with E-state index in [4.69, 9.17) is 0 Å². The maximum atomic E-state index is 13.1. The Morgan fingerprint density at radius 1 is 0.793 bits per heavy atom. The van der Waals surface area contributed by atoms with Crippen molar-refractivity contribution in [2.24, 2.45) is 5.92 Å². The van der Waals surface area contributed by atoms with Gasteiger partial charge in [-0.1, -0.05) is 13.8 Å². The van der Waals surface area contributed by atoms with Gasteiger partial charge in [-0.15, -0.1) is 0 Å². The number of hydrogen-bond donors (Lipinski definition) is 1. The van der Waals surface area contributed by atoms with Crippen LogP contribution in [0.3, 0.4) is 0 Å². The van der Waals surface area contributed by atoms with Crippen LogP contribution in [0.4, 0.5) is 0 Å². The number of fused-ring (bicyclic) bond motifs is 5. The molecule has 2 heterocycles. The van der Waals surface area contributed by atoms with Crippen molar-refractivity contribution in [1.29, 1.82) is 0 Å². The smallest absolute Gasteiger partial charge is 0.262 e. The van der Waals surface area contributed by atoms with Crippen LogP contribution < -0.4 is 22.2 Å². The monoisotopic (exact) mass is 538 g/mol. The highest BCUT2D eigenvalue weighted by molar-refractivity contribution is 9.11. The SMILES string of the molecule is CC(C)Cn1c(=O)c2c(Br)cc3c(cc(Br)c4c(=O)n(CCS)c(=O)c43)c2c1=O. The summed E-state index contributed by atoms with van der Waals surface area (Å²) in [7, 11) is 0. The van der Waals surface area contributed by atoms with Crippen molar-refractivity contribution in [2.75, 3.05) is 5.75 Å². The van der Waals surface area contributed by atoms with Crippen LogP contribution in [0.2, 0.25) is 0 Å². The summed E-state index contributed by atoms with van der Waals surface area (Å²) < 4.78 is 3.25. The average Bonchev–Trinajstić information content (AvgIpc) is 3.04. The molecule has 9 heteroatoms. The molecule has 0 aliphatic carbocycles. The fourth-order valence-corrected chi connectivity index (χ4v) is 5.29. The van der Waals surface area contributed by atoms with E-state index < -0.39 is 11.1 Å². The van der Waals surface area contributed by atoms with E-state index >= 15 is 0 Å². The molecule has 29 heavy (non-hydrogen) atoms. The first kappa shape index (κ1) is 20.6. The predicted molar refractivity (Wildman–Crippen MR) is 126 cm³/mol. The van der Waals surface area contributed by atoms with E-state index in [-0.39, 0.29) is 39.7 Å². The molecule has 0 N–H and O–H groups in total. The number of rotatable bonds is 4. The van der Waals surface area contributed by atoms with E-state index in [1.165, 1.54) is 4.57 Å². The fourth-order valence-electron chi connectivity index (χ4n) is 3.90. The van der Waals surface area contributed by atoms with Gasteiger partial charge in [0.15, 0.2) is 0 Å². The second-order valence-corrected chi connectivity index (χ2v) is 9.57. The van der Waals surface area contributed by atoms with Crippen molar-refractivity contribution < 1.29 is 0 Å². The van der Waals surface area contributed by atoms with Crippen LogP contribution in [0.5, 0.6) is 0 Å². The molecule has 0 aliphatic rings. The molecule has 4 aromatic rings. The van der Waals surface area contributed by atoms with Gasteiger partial charge in [0.1, 0.15) is 0 Å². The van der Waals surface area contributed by atoms with E-state index in [1.807, 2.05) is 13.8 Å². The van der Waals surface area contributed by atoms with Crippen molar-refractivity contribution in [3.63, 3.8) is 0 Å². The largest absolute Gasteiger partial charge is 0.274 e. The van der Waals surface area contributed by atoms with Crippen LogP contribution in [0, 0.1) is 5.92 Å². The standard InChI is InChI=1S/C20H16Br2N2O4S/c1-8(2)7-24-18(26)14-10-6-11(21)15-13(17(25)23(3-4-29)19(15)27)9(10)5-12(22)16(14)20(24)28/h5-6,8,29H,3-4,7H2,1-2H3. The summed E-state index contributed by atoms with van der Waals surface area (Å²) in [4.78, 5) is 51.8. The highest BCUT2D eigenvalue weighted by atomic mass is 79.9. The molecule has 0 atom stereocenters. The summed E-state index contributed by atoms with van der Waals surface area (Å²) >= 11 is 10.9. The molecule has 0 bridgehead atoms. The summed E-state index contributed by atoms with van der Waals surface area (Å²) in [5.41, 5.74) is -1.56. The van der Waals surface area contributed by atoms with E-state index in [2.05, 4.69) is 44.5 Å². The Hall–Kier alpha value is -1.71. The molecular formula is C20H16Br2N2O4S. The van der Waals surface area contributed by atoms with Crippen LogP contribution in [0.25, 0.3) is 32.3 Å². The fraction of sp³-hybridized carbons (Fsp3) is 0.300. The Morgan fingerprint density at radius 2 is 1.21 bits per heavy atom. The minimum atomic E-state index is -0.423. The zero-order valence-corrected chi connectivity index (χ0v) is 19.7. The maximum Gasteiger partial charge on any atom is 0.262 e.